The van der Waals surface area contributed by atoms with Crippen molar-refractivity contribution >= 4 is 5.78 Å². The van der Waals surface area contributed by atoms with Gasteiger partial charge in [-0.25, -0.2) is 0 Å². The SMILES string of the molecule is CCC(C)CC1(CC)CC(=O)c2ccc(OC)cc2O1. The van der Waals surface area contributed by atoms with E-state index in [0.717, 1.165) is 25.0 Å². The zero-order valence-electron chi connectivity index (χ0n) is 12.9. The van der Waals surface area contributed by atoms with Crippen molar-refractivity contribution in [1.29, 1.82) is 0 Å². The number of rotatable bonds is 5. The van der Waals surface area contributed by atoms with Crippen LogP contribution in [0.25, 0.3) is 0 Å². The van der Waals surface area contributed by atoms with E-state index >= 15 is 0 Å². The Morgan fingerprint density at radius 2 is 2.15 bits per heavy atom. The van der Waals surface area contributed by atoms with Gasteiger partial charge >= 0.3 is 0 Å². The first-order valence-corrected chi connectivity index (χ1v) is 7.44. The molecule has 0 fully saturated rings. The second-order valence-electron chi connectivity index (χ2n) is 5.82. The lowest BCUT2D eigenvalue weighted by molar-refractivity contribution is 0.0207. The monoisotopic (exact) mass is 276 g/mol. The van der Waals surface area contributed by atoms with Gasteiger partial charge in [-0.2, -0.15) is 0 Å². The van der Waals surface area contributed by atoms with Crippen molar-refractivity contribution in [2.75, 3.05) is 7.11 Å². The number of hydrogen-bond acceptors (Lipinski definition) is 3. The molecule has 1 aromatic rings. The van der Waals surface area contributed by atoms with Crippen LogP contribution in [0.4, 0.5) is 0 Å². The number of hydrogen-bond donors (Lipinski definition) is 0. The van der Waals surface area contributed by atoms with Crippen LogP contribution in [0.2, 0.25) is 0 Å². The molecule has 110 valence electrons. The Kier molecular flexibility index (Phi) is 4.36. The number of benzene rings is 1. The normalized spacial score (nSPS) is 22.9. The molecule has 20 heavy (non-hydrogen) atoms. The lowest BCUT2D eigenvalue weighted by atomic mass is 9.81. The van der Waals surface area contributed by atoms with Gasteiger partial charge in [-0.3, -0.25) is 4.79 Å². The Bertz CT molecular complexity index is 495. The third kappa shape index (κ3) is 2.82. The summed E-state index contributed by atoms with van der Waals surface area (Å²) in [6.45, 7) is 6.49. The van der Waals surface area contributed by atoms with Gasteiger partial charge < -0.3 is 9.47 Å². The summed E-state index contributed by atoms with van der Waals surface area (Å²) in [5.74, 6) is 2.13. The maximum absolute atomic E-state index is 12.4. The number of Topliss-reactive ketones (excluding diaryl/α,β-unsaturated/α-hetero) is 1. The van der Waals surface area contributed by atoms with E-state index < -0.39 is 0 Å². The van der Waals surface area contributed by atoms with Crippen molar-refractivity contribution in [3.8, 4) is 11.5 Å². The number of carbonyl (C=O) groups is 1. The molecule has 0 saturated heterocycles. The molecule has 1 aliphatic rings. The van der Waals surface area contributed by atoms with Gasteiger partial charge in [0.25, 0.3) is 0 Å². The topological polar surface area (TPSA) is 35.5 Å². The molecule has 0 N–H and O–H groups in total. The molecule has 0 aromatic heterocycles. The molecule has 0 saturated carbocycles. The second kappa shape index (κ2) is 5.86. The fourth-order valence-corrected chi connectivity index (χ4v) is 2.84. The van der Waals surface area contributed by atoms with Crippen LogP contribution >= 0.6 is 0 Å². The van der Waals surface area contributed by atoms with Crippen LogP contribution < -0.4 is 9.47 Å². The molecule has 0 amide bonds. The number of fused-ring (bicyclic) bond motifs is 1. The van der Waals surface area contributed by atoms with Gasteiger partial charge in [0, 0.05) is 6.07 Å². The molecule has 2 rings (SSSR count). The molecule has 2 unspecified atom stereocenters. The molecule has 1 aromatic carbocycles. The summed E-state index contributed by atoms with van der Waals surface area (Å²) in [7, 11) is 1.62. The Balaban J connectivity index is 2.34. The Hall–Kier alpha value is -1.51. The molecule has 0 radical (unpaired) electrons. The second-order valence-corrected chi connectivity index (χ2v) is 5.82. The van der Waals surface area contributed by atoms with Gasteiger partial charge in [0.2, 0.25) is 0 Å². The number of methoxy groups -OCH3 is 1. The average Bonchev–Trinajstić information content (AvgIpc) is 2.46. The van der Waals surface area contributed by atoms with E-state index in [1.54, 1.807) is 13.2 Å². The quantitative estimate of drug-likeness (QED) is 0.806. The van der Waals surface area contributed by atoms with E-state index in [2.05, 4.69) is 20.8 Å². The minimum absolute atomic E-state index is 0.180. The number of ketones is 1. The molecular formula is C17H24O3. The Morgan fingerprint density at radius 3 is 2.75 bits per heavy atom. The summed E-state index contributed by atoms with van der Waals surface area (Å²) in [6.07, 6.45) is 3.35. The summed E-state index contributed by atoms with van der Waals surface area (Å²) >= 11 is 0. The molecule has 3 nitrogen and oxygen atoms in total. The van der Waals surface area contributed by atoms with E-state index in [1.165, 1.54) is 0 Å². The van der Waals surface area contributed by atoms with Gasteiger partial charge in [-0.15, -0.1) is 0 Å². The van der Waals surface area contributed by atoms with E-state index in [9.17, 15) is 4.79 Å². The first kappa shape index (κ1) is 14.9. The van der Waals surface area contributed by atoms with Gasteiger partial charge in [-0.1, -0.05) is 27.2 Å². The van der Waals surface area contributed by atoms with Crippen molar-refractivity contribution in [3.05, 3.63) is 23.8 Å². The van der Waals surface area contributed by atoms with E-state index in [4.69, 9.17) is 9.47 Å². The number of carbonyl (C=O) groups excluding carboxylic acids is 1. The maximum Gasteiger partial charge on any atom is 0.170 e. The predicted octanol–water partition coefficient (Wildman–Crippen LogP) is 4.25. The van der Waals surface area contributed by atoms with Crippen molar-refractivity contribution < 1.29 is 14.3 Å². The van der Waals surface area contributed by atoms with Crippen LogP contribution in [-0.2, 0) is 0 Å². The van der Waals surface area contributed by atoms with E-state index in [0.29, 0.717) is 23.7 Å². The Morgan fingerprint density at radius 1 is 1.40 bits per heavy atom. The summed E-state index contributed by atoms with van der Waals surface area (Å²) in [6, 6.07) is 5.44. The van der Waals surface area contributed by atoms with Crippen LogP contribution in [0, 0.1) is 5.92 Å². The van der Waals surface area contributed by atoms with Crippen molar-refractivity contribution in [2.45, 2.75) is 52.1 Å². The fourth-order valence-electron chi connectivity index (χ4n) is 2.84. The van der Waals surface area contributed by atoms with Crippen LogP contribution in [0.15, 0.2) is 18.2 Å². The molecule has 3 heteroatoms. The third-order valence-corrected chi connectivity index (χ3v) is 4.36. The number of ether oxygens (including phenoxy) is 2. The summed E-state index contributed by atoms with van der Waals surface area (Å²) in [5, 5.41) is 0. The molecule has 1 aliphatic heterocycles. The van der Waals surface area contributed by atoms with Gasteiger partial charge in [-0.05, 0) is 30.9 Å². The minimum Gasteiger partial charge on any atom is -0.497 e. The van der Waals surface area contributed by atoms with Crippen molar-refractivity contribution in [2.24, 2.45) is 5.92 Å². The van der Waals surface area contributed by atoms with E-state index in [1.807, 2.05) is 12.1 Å². The predicted molar refractivity (Wildman–Crippen MR) is 79.7 cm³/mol. The van der Waals surface area contributed by atoms with Crippen LogP contribution in [0.3, 0.4) is 0 Å². The molecule has 1 heterocycles. The highest BCUT2D eigenvalue weighted by Crippen LogP contribution is 2.40. The smallest absolute Gasteiger partial charge is 0.170 e. The fraction of sp³-hybridized carbons (Fsp3) is 0.588. The zero-order valence-corrected chi connectivity index (χ0v) is 12.9. The van der Waals surface area contributed by atoms with Gasteiger partial charge in [0.15, 0.2) is 5.78 Å². The summed E-state index contributed by atoms with van der Waals surface area (Å²) in [4.78, 5) is 12.4. The molecule has 2 atom stereocenters. The molecule has 0 spiro atoms. The highest BCUT2D eigenvalue weighted by Gasteiger charge is 2.40. The molecule has 0 aliphatic carbocycles. The van der Waals surface area contributed by atoms with Crippen molar-refractivity contribution in [1.82, 2.24) is 0 Å². The largest absolute Gasteiger partial charge is 0.497 e. The first-order chi connectivity index (χ1) is 9.53. The van der Waals surface area contributed by atoms with Gasteiger partial charge in [0.05, 0.1) is 19.1 Å². The lowest BCUT2D eigenvalue weighted by Crippen LogP contribution is -2.42. The van der Waals surface area contributed by atoms with Crippen molar-refractivity contribution in [3.63, 3.8) is 0 Å². The lowest BCUT2D eigenvalue weighted by Gasteiger charge is -2.39. The van der Waals surface area contributed by atoms with E-state index in [-0.39, 0.29) is 11.4 Å². The average molecular weight is 276 g/mol. The third-order valence-electron chi connectivity index (χ3n) is 4.36. The van der Waals surface area contributed by atoms with Crippen LogP contribution in [0.5, 0.6) is 11.5 Å². The minimum atomic E-state index is -0.355. The Labute approximate surface area is 121 Å². The standard InChI is InChI=1S/C17H24O3/c1-5-12(3)10-17(6-2)11-15(18)14-8-7-13(19-4)9-16(14)20-17/h7-9,12H,5-6,10-11H2,1-4H3. The molecular weight excluding hydrogens is 252 g/mol. The van der Waals surface area contributed by atoms with Crippen LogP contribution in [-0.4, -0.2) is 18.5 Å². The summed E-state index contributed by atoms with van der Waals surface area (Å²) in [5.41, 5.74) is 0.324. The molecule has 0 bridgehead atoms. The van der Waals surface area contributed by atoms with Gasteiger partial charge in [0.1, 0.15) is 17.1 Å². The zero-order chi connectivity index (χ0) is 14.8. The maximum atomic E-state index is 12.4. The summed E-state index contributed by atoms with van der Waals surface area (Å²) < 4.78 is 11.5. The highest BCUT2D eigenvalue weighted by molar-refractivity contribution is 6.00. The first-order valence-electron chi connectivity index (χ1n) is 7.44. The highest BCUT2D eigenvalue weighted by atomic mass is 16.5. The van der Waals surface area contributed by atoms with Crippen LogP contribution in [0.1, 0.15) is 56.8 Å².